The fourth-order valence-electron chi connectivity index (χ4n) is 21.1. The summed E-state index contributed by atoms with van der Waals surface area (Å²) in [5.74, 6) is 0. The van der Waals surface area contributed by atoms with Gasteiger partial charge in [-0.15, -0.1) is 0 Å². The zero-order valence-corrected chi connectivity index (χ0v) is 60.8. The van der Waals surface area contributed by atoms with Crippen molar-refractivity contribution < 1.29 is 0 Å². The van der Waals surface area contributed by atoms with Crippen molar-refractivity contribution in [2.45, 2.75) is 16.2 Å². The van der Waals surface area contributed by atoms with Crippen molar-refractivity contribution in [3.05, 3.63) is 491 Å². The van der Waals surface area contributed by atoms with Crippen LogP contribution in [-0.2, 0) is 16.2 Å². The number of benzene rings is 19. The molecule has 1 spiro atoms. The lowest BCUT2D eigenvalue weighted by molar-refractivity contribution is 0.731. The number of hydrogen-bond donors (Lipinski definition) is 0. The Morgan fingerprint density at radius 2 is 0.459 bits per heavy atom. The quantitative estimate of drug-likeness (QED) is 0.105. The molecule has 2 heterocycles. The van der Waals surface area contributed by atoms with Crippen molar-refractivity contribution in [3.8, 4) is 55.6 Å². The summed E-state index contributed by atoms with van der Waals surface area (Å²) < 4.78 is 0. The molecule has 0 aromatic heterocycles. The van der Waals surface area contributed by atoms with E-state index in [1.165, 1.54) is 132 Å². The third kappa shape index (κ3) is 8.56. The van der Waals surface area contributed by atoms with Gasteiger partial charge in [0.25, 0.3) is 0 Å². The van der Waals surface area contributed by atoms with Crippen molar-refractivity contribution in [2.75, 3.05) is 9.80 Å². The Kier molecular flexibility index (Phi) is 13.9. The molecule has 111 heavy (non-hydrogen) atoms. The van der Waals surface area contributed by atoms with Gasteiger partial charge in [-0.05, 0) is 197 Å². The lowest BCUT2D eigenvalue weighted by atomic mass is 9.62. The predicted octanol–water partition coefficient (Wildman–Crippen LogP) is 28.0. The Morgan fingerprint density at radius 3 is 0.919 bits per heavy atom. The van der Waals surface area contributed by atoms with Crippen LogP contribution in [0.15, 0.2) is 425 Å². The first kappa shape index (κ1) is 63.0. The Labute approximate surface area is 646 Å². The van der Waals surface area contributed by atoms with Crippen molar-refractivity contribution in [1.82, 2.24) is 0 Å². The molecule has 19 aromatic rings. The smallest absolute Gasteiger partial charge is 0.0742 e. The summed E-state index contributed by atoms with van der Waals surface area (Å²) in [5.41, 5.74) is 31.6. The van der Waals surface area contributed by atoms with E-state index >= 15 is 0 Å². The molecule has 0 radical (unpaired) electrons. The summed E-state index contributed by atoms with van der Waals surface area (Å²) in [4.78, 5) is 5.14. The molecule has 0 bridgehead atoms. The average molecular weight is 1410 g/mol. The normalized spacial score (nSPS) is 15.0. The highest BCUT2D eigenvalue weighted by Crippen LogP contribution is 2.69. The Bertz CT molecular complexity index is 6650. The van der Waals surface area contributed by atoms with Gasteiger partial charge in [0.1, 0.15) is 0 Å². The molecule has 0 saturated heterocycles. The number of para-hydroxylation sites is 6. The van der Waals surface area contributed by atoms with Gasteiger partial charge in [-0.2, -0.15) is 0 Å². The minimum absolute atomic E-state index is 0.678. The molecule has 0 saturated carbocycles. The highest BCUT2D eigenvalue weighted by atomic mass is 15.2. The molecule has 2 nitrogen and oxygen atoms in total. The minimum Gasteiger partial charge on any atom is -0.309 e. The van der Waals surface area contributed by atoms with Crippen LogP contribution in [0.2, 0.25) is 0 Å². The van der Waals surface area contributed by atoms with Gasteiger partial charge in [0, 0.05) is 22.5 Å². The van der Waals surface area contributed by atoms with E-state index in [4.69, 9.17) is 0 Å². The van der Waals surface area contributed by atoms with Crippen molar-refractivity contribution in [3.63, 3.8) is 0 Å². The molecule has 0 N–H and O–H groups in total. The minimum atomic E-state index is -0.737. The summed E-state index contributed by atoms with van der Waals surface area (Å²) in [6.07, 6.45) is 0. The van der Waals surface area contributed by atoms with E-state index in [1.54, 1.807) is 0 Å². The number of anilines is 6. The van der Waals surface area contributed by atoms with Gasteiger partial charge in [-0.25, -0.2) is 0 Å². The summed E-state index contributed by atoms with van der Waals surface area (Å²) >= 11 is 0. The summed E-state index contributed by atoms with van der Waals surface area (Å²) in [6.45, 7) is 0. The fraction of sp³-hybridized carbons (Fsp3) is 0.0275. The first-order chi connectivity index (χ1) is 55.2. The van der Waals surface area contributed by atoms with Crippen molar-refractivity contribution in [2.24, 2.45) is 0 Å². The molecular weight excluding hydrogens is 1340 g/mol. The molecule has 0 amide bonds. The molecule has 0 fully saturated rings. The number of hydrogen-bond acceptors (Lipinski definition) is 2. The van der Waals surface area contributed by atoms with Gasteiger partial charge in [-0.3, -0.25) is 0 Å². The molecule has 516 valence electrons. The highest BCUT2D eigenvalue weighted by Gasteiger charge is 2.55. The molecule has 1 atom stereocenters. The van der Waals surface area contributed by atoms with E-state index in [0.29, 0.717) is 0 Å². The molecule has 23 rings (SSSR count). The second-order valence-electron chi connectivity index (χ2n) is 30.2. The zero-order valence-electron chi connectivity index (χ0n) is 60.8. The van der Waals surface area contributed by atoms with E-state index < -0.39 is 16.2 Å². The number of rotatable bonds is 9. The van der Waals surface area contributed by atoms with Crippen LogP contribution in [0.3, 0.4) is 0 Å². The number of fused-ring (bicyclic) bond motifs is 21. The van der Waals surface area contributed by atoms with Gasteiger partial charge in [-0.1, -0.05) is 382 Å². The topological polar surface area (TPSA) is 6.48 Å². The van der Waals surface area contributed by atoms with E-state index in [2.05, 4.69) is 434 Å². The highest BCUT2D eigenvalue weighted by molar-refractivity contribution is 6.24. The van der Waals surface area contributed by atoms with Crippen LogP contribution < -0.4 is 9.80 Å². The molecule has 2 aliphatic heterocycles. The maximum Gasteiger partial charge on any atom is 0.0742 e. The Balaban J connectivity index is 0.880. The van der Waals surface area contributed by atoms with Crippen LogP contribution in [0.25, 0.3) is 98.7 Å². The first-order valence-electron chi connectivity index (χ1n) is 38.8. The van der Waals surface area contributed by atoms with E-state index in [-0.39, 0.29) is 0 Å². The van der Waals surface area contributed by atoms with Gasteiger partial charge in [0.05, 0.1) is 39.0 Å². The molecule has 2 aliphatic carbocycles. The summed E-state index contributed by atoms with van der Waals surface area (Å²) in [7, 11) is 0. The third-order valence-electron chi connectivity index (χ3n) is 25.1. The second-order valence-corrected chi connectivity index (χ2v) is 30.2. The molecule has 19 aromatic carbocycles. The van der Waals surface area contributed by atoms with Crippen molar-refractivity contribution >= 4 is 77.2 Å². The maximum atomic E-state index is 2.59. The lowest BCUT2D eigenvalue weighted by Gasteiger charge is -2.47. The van der Waals surface area contributed by atoms with Crippen LogP contribution in [0, 0.1) is 0 Å². The SMILES string of the molecule is c1ccc(N2c3ccccc3C(c3ccccc3)(c3ccccc3)c3cccc(-c4cccc5c(-c6cccc7c6-c6ccccc6C76c7ccccc7-c7c6c6ccccc6c6ccccc76)c6cccc(-c7cccc8c7N(c7ccccc7)c7ccccc7C8(c7ccccc7)c7ccccc7)c6cc45)c32)cc1. The average Bonchev–Trinajstić information content (AvgIpc) is 1.15. The van der Waals surface area contributed by atoms with Crippen LogP contribution in [0.5, 0.6) is 0 Å². The monoisotopic (exact) mass is 1410 g/mol. The zero-order chi connectivity index (χ0) is 72.9. The third-order valence-corrected chi connectivity index (χ3v) is 25.1. The Morgan fingerprint density at radius 1 is 0.162 bits per heavy atom. The fourth-order valence-corrected chi connectivity index (χ4v) is 21.1. The van der Waals surface area contributed by atoms with Gasteiger partial charge in [0.15, 0.2) is 0 Å². The predicted molar refractivity (Wildman–Crippen MR) is 462 cm³/mol. The van der Waals surface area contributed by atoms with Crippen LogP contribution in [0.4, 0.5) is 34.1 Å². The van der Waals surface area contributed by atoms with Crippen molar-refractivity contribution in [1.29, 1.82) is 0 Å². The van der Waals surface area contributed by atoms with Gasteiger partial charge in [0.2, 0.25) is 0 Å². The van der Waals surface area contributed by atoms with Gasteiger partial charge >= 0.3 is 0 Å². The summed E-state index contributed by atoms with van der Waals surface area (Å²) in [6, 6.07) is 161. The number of nitrogens with zero attached hydrogens (tertiary/aromatic N) is 2. The van der Waals surface area contributed by atoms with E-state index in [1.807, 2.05) is 0 Å². The lowest BCUT2D eigenvalue weighted by Crippen LogP contribution is -2.38. The standard InChI is InChI=1S/C109H70N2/c1-7-36-71(37-8-1)107(72-38-9-2-10-39-72)94-63-27-29-68-99(94)110(75-44-15-5-16-45-75)105-85(58-33-66-97(105)107)79-54-31-56-82-90(79)70-91-80(86-59-34-67-98-106(86)111(76-46-17-6-18-47-76)100-69-30-28-64-95(100)108(98,73-40-11-3-12-41-73)74-42-13-4-14-43-74)55-32-57-83(91)101(82)89-60-35-65-96-102(89)87-52-23-25-61-92(87)109(96)93-62-26-24-53-88(93)103-81-50-21-19-48-77(81)78-49-20-22-51-84(78)104(103)109/h1-70H. The molecular formula is C109H70N2. The van der Waals surface area contributed by atoms with Crippen LogP contribution in [0.1, 0.15) is 66.8 Å². The van der Waals surface area contributed by atoms with E-state index in [0.717, 1.165) is 67.2 Å². The van der Waals surface area contributed by atoms with E-state index in [9.17, 15) is 0 Å². The molecule has 4 aliphatic rings. The Hall–Kier alpha value is -14.2. The summed E-state index contributed by atoms with van der Waals surface area (Å²) in [5, 5.41) is 9.76. The first-order valence-corrected chi connectivity index (χ1v) is 38.8. The second kappa shape index (κ2) is 24.4. The van der Waals surface area contributed by atoms with Crippen LogP contribution in [-0.4, -0.2) is 0 Å². The maximum absolute atomic E-state index is 2.59. The van der Waals surface area contributed by atoms with Crippen LogP contribution >= 0.6 is 0 Å². The molecule has 1 unspecified atom stereocenters. The largest absolute Gasteiger partial charge is 0.309 e. The van der Waals surface area contributed by atoms with Gasteiger partial charge < -0.3 is 9.80 Å². The molecule has 2 heteroatoms.